The molecule has 0 spiro atoms. The zero-order valence-electron chi connectivity index (χ0n) is 15.8. The predicted molar refractivity (Wildman–Crippen MR) is 111 cm³/mol. The van der Waals surface area contributed by atoms with Crippen LogP contribution in [-0.2, 0) is 0 Å². The summed E-state index contributed by atoms with van der Waals surface area (Å²) >= 11 is 0. The van der Waals surface area contributed by atoms with Gasteiger partial charge in [0.2, 0.25) is 5.78 Å². The molecule has 1 fully saturated rings. The van der Waals surface area contributed by atoms with Crippen LogP contribution in [0.25, 0.3) is 16.6 Å². The number of hydrogen-bond donors (Lipinski definition) is 0. The van der Waals surface area contributed by atoms with E-state index in [0.29, 0.717) is 5.92 Å². The average molecular weight is 367 g/mol. The van der Waals surface area contributed by atoms with Gasteiger partial charge in [0, 0.05) is 23.3 Å². The van der Waals surface area contributed by atoms with Gasteiger partial charge in [-0.15, -0.1) is 0 Å². The summed E-state index contributed by atoms with van der Waals surface area (Å²) in [6.07, 6.45) is 4.24. The minimum absolute atomic E-state index is 0.0755. The van der Waals surface area contributed by atoms with Crippen molar-refractivity contribution >= 4 is 11.3 Å². The van der Waals surface area contributed by atoms with Gasteiger partial charge in [-0.1, -0.05) is 54.6 Å². The Morgan fingerprint density at radius 2 is 1.71 bits per heavy atom. The number of nitrogens with zero attached hydrogens (tertiary/aromatic N) is 1. The van der Waals surface area contributed by atoms with Crippen molar-refractivity contribution in [2.24, 2.45) is 0 Å². The van der Waals surface area contributed by atoms with E-state index in [-0.39, 0.29) is 5.78 Å². The molecule has 0 atom stereocenters. The Hall–Kier alpha value is -3.33. The Balaban J connectivity index is 1.69. The molecule has 28 heavy (non-hydrogen) atoms. The van der Waals surface area contributed by atoms with E-state index >= 15 is 0 Å². The Bertz CT molecular complexity index is 1170. The average Bonchev–Trinajstić information content (AvgIpc) is 3.53. The first-order chi connectivity index (χ1) is 13.8. The van der Waals surface area contributed by atoms with Crippen LogP contribution < -0.4 is 4.74 Å². The Kier molecular flexibility index (Phi) is 4.01. The van der Waals surface area contributed by atoms with Crippen molar-refractivity contribution in [3.8, 4) is 16.9 Å². The molecular formula is C25H21NO2. The number of hydrogen-bond acceptors (Lipinski definition) is 2. The molecule has 0 saturated heterocycles. The number of methoxy groups -OCH3 is 1. The highest BCUT2D eigenvalue weighted by Gasteiger charge is 2.32. The van der Waals surface area contributed by atoms with Crippen LogP contribution in [0.4, 0.5) is 0 Å². The van der Waals surface area contributed by atoms with Gasteiger partial charge in [0.1, 0.15) is 5.75 Å². The minimum atomic E-state index is 0.0755. The molecule has 0 N–H and O–H groups in total. The first-order valence-corrected chi connectivity index (χ1v) is 9.64. The van der Waals surface area contributed by atoms with Gasteiger partial charge in [-0.25, -0.2) is 0 Å². The van der Waals surface area contributed by atoms with Crippen LogP contribution in [0, 0.1) is 0 Å². The number of benzene rings is 2. The van der Waals surface area contributed by atoms with Gasteiger partial charge in [0.25, 0.3) is 0 Å². The van der Waals surface area contributed by atoms with Gasteiger partial charge in [-0.3, -0.25) is 4.79 Å². The van der Waals surface area contributed by atoms with Crippen LogP contribution in [0.1, 0.15) is 40.4 Å². The summed E-state index contributed by atoms with van der Waals surface area (Å²) in [4.78, 5) is 13.8. The van der Waals surface area contributed by atoms with Crippen LogP contribution in [-0.4, -0.2) is 17.3 Å². The first-order valence-electron chi connectivity index (χ1n) is 9.64. The summed E-state index contributed by atoms with van der Waals surface area (Å²) < 4.78 is 7.39. The fourth-order valence-corrected chi connectivity index (χ4v) is 3.93. The van der Waals surface area contributed by atoms with E-state index in [1.54, 1.807) is 7.11 Å². The van der Waals surface area contributed by atoms with E-state index in [0.717, 1.165) is 52.1 Å². The number of pyridine rings is 1. The highest BCUT2D eigenvalue weighted by atomic mass is 16.5. The van der Waals surface area contributed by atoms with Gasteiger partial charge in [0.05, 0.1) is 12.8 Å². The van der Waals surface area contributed by atoms with E-state index in [9.17, 15) is 4.79 Å². The topological polar surface area (TPSA) is 30.7 Å². The van der Waals surface area contributed by atoms with Gasteiger partial charge >= 0.3 is 0 Å². The molecule has 4 aromatic rings. The second-order valence-electron chi connectivity index (χ2n) is 7.32. The molecule has 1 aliphatic carbocycles. The minimum Gasteiger partial charge on any atom is -0.497 e. The summed E-state index contributed by atoms with van der Waals surface area (Å²) in [5, 5.41) is 0. The second kappa shape index (κ2) is 6.68. The van der Waals surface area contributed by atoms with Crippen molar-refractivity contribution in [2.75, 3.05) is 7.11 Å². The molecule has 0 amide bonds. The van der Waals surface area contributed by atoms with Crippen molar-refractivity contribution in [2.45, 2.75) is 18.8 Å². The zero-order chi connectivity index (χ0) is 19.1. The number of fused-ring (bicyclic) bond motifs is 1. The van der Waals surface area contributed by atoms with Gasteiger partial charge < -0.3 is 9.14 Å². The number of rotatable bonds is 5. The molecule has 1 saturated carbocycles. The van der Waals surface area contributed by atoms with E-state index in [2.05, 4.69) is 18.2 Å². The summed E-state index contributed by atoms with van der Waals surface area (Å²) in [6, 6.07) is 24.0. The first kappa shape index (κ1) is 16.8. The van der Waals surface area contributed by atoms with Crippen molar-refractivity contribution < 1.29 is 9.53 Å². The molecule has 2 aromatic carbocycles. The highest BCUT2D eigenvalue weighted by molar-refractivity contribution is 6.13. The van der Waals surface area contributed by atoms with Crippen LogP contribution in [0.5, 0.6) is 5.75 Å². The highest BCUT2D eigenvalue weighted by Crippen LogP contribution is 2.44. The lowest BCUT2D eigenvalue weighted by molar-refractivity contribution is 0.103. The van der Waals surface area contributed by atoms with Crippen LogP contribution in [0.3, 0.4) is 0 Å². The molecule has 0 unspecified atom stereocenters. The van der Waals surface area contributed by atoms with Crippen molar-refractivity contribution in [1.29, 1.82) is 0 Å². The van der Waals surface area contributed by atoms with Crippen molar-refractivity contribution in [3.05, 3.63) is 95.8 Å². The lowest BCUT2D eigenvalue weighted by Crippen LogP contribution is -2.09. The molecule has 3 nitrogen and oxygen atoms in total. The molecule has 0 radical (unpaired) electrons. The molecule has 3 heteroatoms. The third-order valence-corrected chi connectivity index (χ3v) is 5.50. The van der Waals surface area contributed by atoms with Gasteiger partial charge in [0.15, 0.2) is 0 Å². The molecule has 1 aliphatic rings. The van der Waals surface area contributed by atoms with Gasteiger partial charge in [-0.2, -0.15) is 0 Å². The second-order valence-corrected chi connectivity index (χ2v) is 7.32. The maximum Gasteiger partial charge on any atom is 0.210 e. The largest absolute Gasteiger partial charge is 0.497 e. The maximum absolute atomic E-state index is 13.8. The molecular weight excluding hydrogens is 346 g/mol. The summed E-state index contributed by atoms with van der Waals surface area (Å²) in [5.74, 6) is 1.36. The quantitative estimate of drug-likeness (QED) is 0.422. The Morgan fingerprint density at radius 3 is 2.46 bits per heavy atom. The smallest absolute Gasteiger partial charge is 0.210 e. The standard InChI is InChI=1S/C25H21NO2/c1-28-20-13-14-26-19(15-20)16-23(18-11-12-18)24(26)25(27)22-10-6-5-9-21(22)17-7-3-2-4-8-17/h2-10,13-16,18H,11-12H2,1H3. The molecule has 138 valence electrons. The van der Waals surface area contributed by atoms with Crippen LogP contribution in [0.2, 0.25) is 0 Å². The molecule has 2 aromatic heterocycles. The SMILES string of the molecule is COc1ccn2c(C(=O)c3ccccc3-c3ccccc3)c(C3CC3)cc2c1. The van der Waals surface area contributed by atoms with E-state index in [1.807, 2.05) is 65.2 Å². The van der Waals surface area contributed by atoms with Crippen LogP contribution in [0.15, 0.2) is 79.0 Å². The van der Waals surface area contributed by atoms with E-state index in [4.69, 9.17) is 4.74 Å². The van der Waals surface area contributed by atoms with Crippen molar-refractivity contribution in [1.82, 2.24) is 4.40 Å². The number of carbonyl (C=O) groups excluding carboxylic acids is 1. The van der Waals surface area contributed by atoms with Crippen molar-refractivity contribution in [3.63, 3.8) is 0 Å². The molecule has 0 aliphatic heterocycles. The Labute approximate surface area is 164 Å². The summed E-state index contributed by atoms with van der Waals surface area (Å²) in [5.41, 5.74) is 5.71. The Morgan fingerprint density at radius 1 is 0.964 bits per heavy atom. The fourth-order valence-electron chi connectivity index (χ4n) is 3.93. The summed E-state index contributed by atoms with van der Waals surface area (Å²) in [6.45, 7) is 0. The van der Waals surface area contributed by atoms with Crippen LogP contribution >= 0.6 is 0 Å². The van der Waals surface area contributed by atoms with Gasteiger partial charge in [-0.05, 0) is 47.6 Å². The van der Waals surface area contributed by atoms with E-state index in [1.165, 1.54) is 0 Å². The predicted octanol–water partition coefficient (Wildman–Crippen LogP) is 5.72. The fraction of sp³-hybridized carbons (Fsp3) is 0.160. The van der Waals surface area contributed by atoms with E-state index < -0.39 is 0 Å². The third kappa shape index (κ3) is 2.80. The molecule has 5 rings (SSSR count). The number of ether oxygens (including phenoxy) is 1. The lowest BCUT2D eigenvalue weighted by Gasteiger charge is -2.11. The normalized spacial score (nSPS) is 13.6. The maximum atomic E-state index is 13.8. The third-order valence-electron chi connectivity index (χ3n) is 5.50. The summed E-state index contributed by atoms with van der Waals surface area (Å²) in [7, 11) is 1.67. The zero-order valence-corrected chi connectivity index (χ0v) is 15.8. The number of aromatic nitrogens is 1. The number of ketones is 1. The lowest BCUT2D eigenvalue weighted by atomic mass is 9.94. The molecule has 0 bridgehead atoms. The molecule has 2 heterocycles. The monoisotopic (exact) mass is 367 g/mol. The number of carbonyl (C=O) groups is 1.